The first-order chi connectivity index (χ1) is 5.12. The van der Waals surface area contributed by atoms with E-state index >= 15 is 0 Å². The van der Waals surface area contributed by atoms with Gasteiger partial charge in [0.25, 0.3) is 0 Å². The van der Waals surface area contributed by atoms with E-state index in [1.807, 2.05) is 12.2 Å². The van der Waals surface area contributed by atoms with Crippen LogP contribution in [0.15, 0.2) is 25.3 Å². The second-order valence-electron chi connectivity index (χ2n) is 2.88. The average Bonchev–Trinajstić information content (AvgIpc) is 1.91. The third-order valence-corrected chi connectivity index (χ3v) is 1.25. The topological polar surface area (TPSA) is 23.8 Å². The van der Waals surface area contributed by atoms with Crippen LogP contribution in [-0.2, 0) is 16.5 Å². The first kappa shape index (κ1) is 29.5. The van der Waals surface area contributed by atoms with Gasteiger partial charge >= 0.3 is 51.4 Å². The van der Waals surface area contributed by atoms with Crippen LogP contribution in [0.3, 0.4) is 0 Å². The molecule has 0 aromatic heterocycles. The Balaban J connectivity index is -0.0000000317. The third-order valence-electron chi connectivity index (χ3n) is 1.25. The summed E-state index contributed by atoms with van der Waals surface area (Å²) in [5, 5.41) is 6.50. The fourth-order valence-corrected chi connectivity index (χ4v) is 0.774. The Bertz CT molecular complexity index is 142. The zero-order valence-electron chi connectivity index (χ0n) is 10.2. The van der Waals surface area contributed by atoms with Gasteiger partial charge in [0.15, 0.2) is 0 Å². The number of hydrogen-bond donors (Lipinski definition) is 0. The van der Waals surface area contributed by atoms with Crippen LogP contribution in [0, 0.1) is 11.8 Å². The van der Waals surface area contributed by atoms with E-state index in [4.69, 9.17) is 5.26 Å². The van der Waals surface area contributed by atoms with E-state index < -0.39 is 0 Å². The molecule has 0 saturated heterocycles. The van der Waals surface area contributed by atoms with Crippen molar-refractivity contribution in [2.45, 2.75) is 0 Å². The van der Waals surface area contributed by atoms with E-state index in [2.05, 4.69) is 33.8 Å². The molecule has 82 valence electrons. The first-order valence-electron chi connectivity index (χ1n) is 3.42. The summed E-state index contributed by atoms with van der Waals surface area (Å²) in [5.41, 5.74) is 0. The predicted molar refractivity (Wildman–Crippen MR) is 57.3 cm³/mol. The molecule has 0 spiro atoms. The molecular weight excluding hydrogens is 269 g/mol. The normalized spacial score (nSPS) is 7.14. The molecule has 14 heavy (non-hydrogen) atoms. The molecule has 0 unspecified atom stereocenters. The van der Waals surface area contributed by atoms with Gasteiger partial charge in [0.1, 0.15) is 0 Å². The Hall–Kier alpha value is 1.35. The quantitative estimate of drug-likeness (QED) is 0.374. The molecule has 0 saturated carbocycles. The summed E-state index contributed by atoms with van der Waals surface area (Å²) in [7, 11) is 4.31. The second-order valence-corrected chi connectivity index (χ2v) is 2.88. The SMILES string of the molecule is C#N.C=CC[N+](C)(C)CC=C.Cl.[H-].[K+].[Ni]. The van der Waals surface area contributed by atoms with Crippen LogP contribution in [0.4, 0.5) is 0 Å². The smallest absolute Gasteiger partial charge is 1.00 e. The monoisotopic (exact) mass is 287 g/mol. The van der Waals surface area contributed by atoms with Crippen molar-refractivity contribution in [2.24, 2.45) is 0 Å². The van der Waals surface area contributed by atoms with Crippen LogP contribution < -0.4 is 51.4 Å². The largest absolute Gasteiger partial charge is 1.00 e. The molecule has 0 aliphatic heterocycles. The van der Waals surface area contributed by atoms with E-state index in [1.165, 1.54) is 0 Å². The number of rotatable bonds is 4. The predicted octanol–water partition coefficient (Wildman–Crippen LogP) is -0.890. The molecule has 0 heterocycles. The van der Waals surface area contributed by atoms with Gasteiger partial charge in [-0.25, -0.2) is 5.26 Å². The summed E-state index contributed by atoms with van der Waals surface area (Å²) < 4.78 is 0.951. The maximum absolute atomic E-state index is 6.50. The van der Waals surface area contributed by atoms with Gasteiger partial charge in [-0.15, -0.1) is 12.4 Å². The van der Waals surface area contributed by atoms with Crippen molar-refractivity contribution in [1.82, 2.24) is 0 Å². The summed E-state index contributed by atoms with van der Waals surface area (Å²) in [6.45, 7) is 12.9. The van der Waals surface area contributed by atoms with E-state index in [9.17, 15) is 0 Å². The van der Waals surface area contributed by atoms with Crippen molar-refractivity contribution in [1.29, 1.82) is 5.26 Å². The van der Waals surface area contributed by atoms with Crippen molar-refractivity contribution in [2.75, 3.05) is 27.2 Å². The summed E-state index contributed by atoms with van der Waals surface area (Å²) in [6.07, 6.45) is 3.87. The Morgan fingerprint density at radius 3 is 1.57 bits per heavy atom. The fourth-order valence-electron chi connectivity index (χ4n) is 0.774. The summed E-state index contributed by atoms with van der Waals surface area (Å²) in [5.74, 6) is 0. The number of nitriles is 1. The number of quaternary nitrogens is 1. The van der Waals surface area contributed by atoms with Gasteiger partial charge in [-0.1, -0.05) is 13.2 Å². The van der Waals surface area contributed by atoms with Crippen LogP contribution in [0.2, 0.25) is 0 Å². The standard InChI is InChI=1S/C8H16N.CHN.ClH.K.Ni.H/c1-5-7-9(3,4)8-6-2;1-2;;;;/h5-6H,1-2,7-8H2,3-4H3;1H;1H;;;/q+1;;;+1;;-1. The molecule has 0 bridgehead atoms. The molecule has 0 N–H and O–H groups in total. The van der Waals surface area contributed by atoms with Crippen LogP contribution in [-0.4, -0.2) is 31.7 Å². The minimum atomic E-state index is 0. The van der Waals surface area contributed by atoms with Gasteiger partial charge in [-0.05, 0) is 12.2 Å². The zero-order chi connectivity index (χ0) is 9.33. The van der Waals surface area contributed by atoms with Crippen molar-refractivity contribution >= 4 is 12.4 Å². The third kappa shape index (κ3) is 23.3. The van der Waals surface area contributed by atoms with Gasteiger partial charge in [0.05, 0.1) is 27.2 Å². The Labute approximate surface area is 148 Å². The second kappa shape index (κ2) is 19.9. The molecule has 5 heteroatoms. The number of likely N-dealkylation sites (N-methyl/N-ethyl adjacent to an activating group) is 1. The van der Waals surface area contributed by atoms with Gasteiger partial charge in [0.2, 0.25) is 0 Å². The number of halogens is 1. The summed E-state index contributed by atoms with van der Waals surface area (Å²) in [6, 6.07) is 0. The molecule has 0 aliphatic carbocycles. The Morgan fingerprint density at radius 1 is 1.21 bits per heavy atom. The van der Waals surface area contributed by atoms with Crippen molar-refractivity contribution in [3.8, 4) is 6.57 Å². The fraction of sp³-hybridized carbons (Fsp3) is 0.444. The van der Waals surface area contributed by atoms with E-state index in [1.54, 1.807) is 0 Å². The summed E-state index contributed by atoms with van der Waals surface area (Å²) in [4.78, 5) is 0. The minimum absolute atomic E-state index is 0. The number of hydrogen-bond acceptors (Lipinski definition) is 1. The van der Waals surface area contributed by atoms with Crippen LogP contribution in [0.1, 0.15) is 1.43 Å². The molecule has 0 amide bonds. The molecular formula is C9H19ClKN2Ni+. The molecule has 0 radical (unpaired) electrons. The molecule has 0 atom stereocenters. The molecule has 0 aliphatic rings. The maximum atomic E-state index is 6.50. The van der Waals surface area contributed by atoms with Gasteiger partial charge in [0, 0.05) is 23.1 Å². The van der Waals surface area contributed by atoms with Gasteiger partial charge in [-0.2, -0.15) is 0 Å². The van der Waals surface area contributed by atoms with Crippen molar-refractivity contribution < 1.29 is 73.8 Å². The maximum Gasteiger partial charge on any atom is 1.00 e. The zero-order valence-corrected chi connectivity index (χ0v) is 14.1. The van der Waals surface area contributed by atoms with E-state index in [-0.39, 0.29) is 81.7 Å². The minimum Gasteiger partial charge on any atom is -1.00 e. The van der Waals surface area contributed by atoms with Crippen LogP contribution >= 0.6 is 12.4 Å². The van der Waals surface area contributed by atoms with Gasteiger partial charge in [-0.3, -0.25) is 0 Å². The molecule has 0 fully saturated rings. The molecule has 0 rings (SSSR count). The Kier molecular flexibility index (Phi) is 41.8. The van der Waals surface area contributed by atoms with Crippen LogP contribution in [0.5, 0.6) is 0 Å². The van der Waals surface area contributed by atoms with Gasteiger partial charge < -0.3 is 5.91 Å². The number of nitrogens with zero attached hydrogens (tertiary/aromatic N) is 2. The molecule has 0 aromatic carbocycles. The molecule has 2 nitrogen and oxygen atoms in total. The Morgan fingerprint density at radius 2 is 1.43 bits per heavy atom. The summed E-state index contributed by atoms with van der Waals surface area (Å²) >= 11 is 0. The average molecular weight is 289 g/mol. The molecule has 0 aromatic rings. The van der Waals surface area contributed by atoms with Crippen molar-refractivity contribution in [3.63, 3.8) is 0 Å². The van der Waals surface area contributed by atoms with E-state index in [0.29, 0.717) is 0 Å². The first-order valence-corrected chi connectivity index (χ1v) is 3.42. The van der Waals surface area contributed by atoms with Crippen molar-refractivity contribution in [3.05, 3.63) is 25.3 Å². The van der Waals surface area contributed by atoms with Crippen LogP contribution in [0.25, 0.3) is 0 Å². The van der Waals surface area contributed by atoms with E-state index in [0.717, 1.165) is 17.6 Å².